The Morgan fingerprint density at radius 1 is 1.10 bits per heavy atom. The second-order valence-electron chi connectivity index (χ2n) is 8.25. The third kappa shape index (κ3) is 4.56. The van der Waals surface area contributed by atoms with Crippen LogP contribution in [0.2, 0.25) is 0 Å². The molecule has 0 spiro atoms. The van der Waals surface area contributed by atoms with Gasteiger partial charge in [0.25, 0.3) is 0 Å². The summed E-state index contributed by atoms with van der Waals surface area (Å²) in [5.74, 6) is 0.658. The molecule has 0 aliphatic carbocycles. The van der Waals surface area contributed by atoms with Crippen molar-refractivity contribution < 1.29 is 4.39 Å². The van der Waals surface area contributed by atoms with Crippen LogP contribution in [0.25, 0.3) is 17.0 Å². The summed E-state index contributed by atoms with van der Waals surface area (Å²) in [6.45, 7) is 8.23. The molecule has 0 saturated carbocycles. The molecular weight excluding hydrogens is 359 g/mol. The first-order valence-electron chi connectivity index (χ1n) is 10.6. The summed E-state index contributed by atoms with van der Waals surface area (Å²) in [6.07, 6.45) is 9.15. The predicted molar refractivity (Wildman–Crippen MR) is 120 cm³/mol. The van der Waals surface area contributed by atoms with Crippen LogP contribution in [0.1, 0.15) is 47.1 Å². The standard InChI is InChI=1S/C26H29FN2/c1-3-20-16-24-22(15-23-6-4-18(2)14-25(23)27)10-13-29-26(24)17-21(20)7-5-19-8-11-28-12-9-19/h3-4,6,10,13-14,16-17,19,28H,1,5,7-9,11-12,15H2,2H3. The van der Waals surface area contributed by atoms with Gasteiger partial charge in [0.15, 0.2) is 0 Å². The van der Waals surface area contributed by atoms with Crippen molar-refractivity contribution in [3.63, 3.8) is 0 Å². The topological polar surface area (TPSA) is 24.9 Å². The maximum absolute atomic E-state index is 14.4. The van der Waals surface area contributed by atoms with E-state index in [1.165, 1.54) is 30.4 Å². The van der Waals surface area contributed by atoms with Crippen molar-refractivity contribution in [2.45, 2.75) is 39.0 Å². The number of hydrogen-bond donors (Lipinski definition) is 1. The van der Waals surface area contributed by atoms with Crippen molar-refractivity contribution in [3.8, 4) is 0 Å². The number of halogens is 1. The van der Waals surface area contributed by atoms with Gasteiger partial charge in [-0.1, -0.05) is 24.8 Å². The zero-order chi connectivity index (χ0) is 20.2. The fourth-order valence-electron chi connectivity index (χ4n) is 4.40. The van der Waals surface area contributed by atoms with Crippen LogP contribution in [0, 0.1) is 18.7 Å². The minimum atomic E-state index is -0.141. The van der Waals surface area contributed by atoms with Crippen LogP contribution < -0.4 is 5.32 Å². The monoisotopic (exact) mass is 388 g/mol. The van der Waals surface area contributed by atoms with Crippen molar-refractivity contribution in [2.24, 2.45) is 5.92 Å². The van der Waals surface area contributed by atoms with E-state index >= 15 is 0 Å². The number of aryl methyl sites for hydroxylation is 2. The molecule has 1 aliphatic heterocycles. The Morgan fingerprint density at radius 2 is 1.93 bits per heavy atom. The fraction of sp³-hybridized carbons (Fsp3) is 0.346. The number of nitrogens with zero attached hydrogens (tertiary/aromatic N) is 1. The number of benzene rings is 2. The predicted octanol–water partition coefficient (Wildman–Crippen LogP) is 5.85. The Kier molecular flexibility index (Phi) is 6.05. The van der Waals surface area contributed by atoms with E-state index in [0.29, 0.717) is 6.42 Å². The van der Waals surface area contributed by atoms with Gasteiger partial charge in [0, 0.05) is 18.0 Å². The van der Waals surface area contributed by atoms with Crippen molar-refractivity contribution >= 4 is 17.0 Å². The number of rotatable bonds is 6. The van der Waals surface area contributed by atoms with Gasteiger partial charge in [0.05, 0.1) is 5.52 Å². The minimum Gasteiger partial charge on any atom is -0.317 e. The first-order valence-corrected chi connectivity index (χ1v) is 10.6. The van der Waals surface area contributed by atoms with Crippen molar-refractivity contribution in [1.82, 2.24) is 10.3 Å². The number of hydrogen-bond acceptors (Lipinski definition) is 2. The quantitative estimate of drug-likeness (QED) is 0.573. The fourth-order valence-corrected chi connectivity index (χ4v) is 4.40. The molecule has 3 heteroatoms. The second kappa shape index (κ2) is 8.87. The molecule has 1 saturated heterocycles. The van der Waals surface area contributed by atoms with Crippen LogP contribution in [0.5, 0.6) is 0 Å². The number of piperidine rings is 1. The highest BCUT2D eigenvalue weighted by atomic mass is 19.1. The van der Waals surface area contributed by atoms with Crippen LogP contribution in [0.15, 0.2) is 49.2 Å². The van der Waals surface area contributed by atoms with Crippen LogP contribution in [0.3, 0.4) is 0 Å². The molecule has 1 aromatic heterocycles. The highest BCUT2D eigenvalue weighted by molar-refractivity contribution is 5.86. The zero-order valence-electron chi connectivity index (χ0n) is 17.2. The molecule has 3 aromatic rings. The van der Waals surface area contributed by atoms with E-state index in [-0.39, 0.29) is 5.82 Å². The summed E-state index contributed by atoms with van der Waals surface area (Å²) in [5, 5.41) is 4.53. The van der Waals surface area contributed by atoms with Crippen molar-refractivity contribution in [1.29, 1.82) is 0 Å². The van der Waals surface area contributed by atoms with Crippen LogP contribution in [-0.2, 0) is 12.8 Å². The lowest BCUT2D eigenvalue weighted by atomic mass is 9.89. The number of aromatic nitrogens is 1. The van der Waals surface area contributed by atoms with E-state index in [1.54, 1.807) is 6.07 Å². The Balaban J connectivity index is 1.63. The van der Waals surface area contributed by atoms with Gasteiger partial charge in [-0.15, -0.1) is 0 Å². The summed E-state index contributed by atoms with van der Waals surface area (Å²) in [7, 11) is 0. The SMILES string of the molecule is C=Cc1cc2c(Cc3ccc(C)cc3F)ccnc2cc1CCC1CCNCC1. The van der Waals surface area contributed by atoms with E-state index in [9.17, 15) is 4.39 Å². The minimum absolute atomic E-state index is 0.141. The summed E-state index contributed by atoms with van der Waals surface area (Å²) < 4.78 is 14.4. The lowest BCUT2D eigenvalue weighted by molar-refractivity contribution is 0.354. The zero-order valence-corrected chi connectivity index (χ0v) is 17.2. The molecule has 0 atom stereocenters. The number of pyridine rings is 1. The van der Waals surface area contributed by atoms with Crippen LogP contribution >= 0.6 is 0 Å². The molecule has 0 unspecified atom stereocenters. The Bertz CT molecular complexity index is 1020. The lowest BCUT2D eigenvalue weighted by Crippen LogP contribution is -2.27. The van der Waals surface area contributed by atoms with Gasteiger partial charge >= 0.3 is 0 Å². The maximum atomic E-state index is 14.4. The molecule has 2 heterocycles. The summed E-state index contributed by atoms with van der Waals surface area (Å²) in [4.78, 5) is 4.61. The lowest BCUT2D eigenvalue weighted by Gasteiger charge is -2.23. The smallest absolute Gasteiger partial charge is 0.126 e. The van der Waals surface area contributed by atoms with E-state index in [4.69, 9.17) is 0 Å². The number of fused-ring (bicyclic) bond motifs is 1. The van der Waals surface area contributed by atoms with E-state index in [0.717, 1.165) is 53.0 Å². The molecule has 0 amide bonds. The van der Waals surface area contributed by atoms with Gasteiger partial charge < -0.3 is 5.32 Å². The molecule has 1 N–H and O–H groups in total. The largest absolute Gasteiger partial charge is 0.317 e. The summed E-state index contributed by atoms with van der Waals surface area (Å²) >= 11 is 0. The van der Waals surface area contributed by atoms with Crippen LogP contribution in [-0.4, -0.2) is 18.1 Å². The number of nitrogens with one attached hydrogen (secondary N) is 1. The normalized spacial score (nSPS) is 15.0. The van der Waals surface area contributed by atoms with Gasteiger partial charge in [-0.05, 0) is 104 Å². The average molecular weight is 389 g/mol. The van der Waals surface area contributed by atoms with Gasteiger partial charge in [-0.3, -0.25) is 4.98 Å². The molecule has 150 valence electrons. The maximum Gasteiger partial charge on any atom is 0.126 e. The first kappa shape index (κ1) is 19.8. The molecule has 0 radical (unpaired) electrons. The van der Waals surface area contributed by atoms with Crippen molar-refractivity contribution in [3.05, 3.63) is 82.8 Å². The highest BCUT2D eigenvalue weighted by Gasteiger charge is 2.15. The molecule has 1 fully saturated rings. The molecule has 0 bridgehead atoms. The molecule has 1 aliphatic rings. The van der Waals surface area contributed by atoms with Gasteiger partial charge in [-0.25, -0.2) is 4.39 Å². The highest BCUT2D eigenvalue weighted by Crippen LogP contribution is 2.28. The molecule has 2 aromatic carbocycles. The van der Waals surface area contributed by atoms with E-state index in [2.05, 4.69) is 29.0 Å². The third-order valence-electron chi connectivity index (χ3n) is 6.18. The summed E-state index contributed by atoms with van der Waals surface area (Å²) in [5.41, 5.74) is 6.24. The van der Waals surface area contributed by atoms with Crippen LogP contribution in [0.4, 0.5) is 4.39 Å². The Morgan fingerprint density at radius 3 is 2.69 bits per heavy atom. The molecule has 4 rings (SSSR count). The second-order valence-corrected chi connectivity index (χ2v) is 8.25. The van der Waals surface area contributed by atoms with E-state index < -0.39 is 0 Å². The third-order valence-corrected chi connectivity index (χ3v) is 6.18. The molecular formula is C26H29FN2. The molecule has 2 nitrogen and oxygen atoms in total. The summed E-state index contributed by atoms with van der Waals surface area (Å²) in [6, 6.07) is 11.9. The Labute approximate surface area is 172 Å². The Hall–Kier alpha value is -2.52. The average Bonchev–Trinajstić information content (AvgIpc) is 2.74. The van der Waals surface area contributed by atoms with Gasteiger partial charge in [0.2, 0.25) is 0 Å². The van der Waals surface area contributed by atoms with Gasteiger partial charge in [-0.2, -0.15) is 0 Å². The molecule has 29 heavy (non-hydrogen) atoms. The van der Waals surface area contributed by atoms with Crippen molar-refractivity contribution in [2.75, 3.05) is 13.1 Å². The van der Waals surface area contributed by atoms with Gasteiger partial charge in [0.1, 0.15) is 5.82 Å². The first-order chi connectivity index (χ1) is 14.1. The van der Waals surface area contributed by atoms with E-state index in [1.807, 2.05) is 37.4 Å².